The Morgan fingerprint density at radius 3 is 2.20 bits per heavy atom. The molecule has 0 radical (unpaired) electrons. The van der Waals surface area contributed by atoms with Crippen LogP contribution >= 0.6 is 11.8 Å². The number of carboxylic acid groups (broad SMARTS) is 1. The molecule has 3 aromatic rings. The van der Waals surface area contributed by atoms with E-state index in [1.54, 1.807) is 6.08 Å². The van der Waals surface area contributed by atoms with E-state index in [2.05, 4.69) is 5.32 Å². The molecule has 0 spiro atoms. The summed E-state index contributed by atoms with van der Waals surface area (Å²) in [7, 11) is 0. The summed E-state index contributed by atoms with van der Waals surface area (Å²) in [5, 5.41) is 11.7. The van der Waals surface area contributed by atoms with Crippen LogP contribution in [0, 0.1) is 0 Å². The van der Waals surface area contributed by atoms with Crippen LogP contribution in [0.3, 0.4) is 0 Å². The lowest BCUT2D eigenvalue weighted by molar-refractivity contribution is -0.137. The van der Waals surface area contributed by atoms with E-state index >= 15 is 0 Å². The monoisotopic (exact) mass is 415 g/mol. The summed E-state index contributed by atoms with van der Waals surface area (Å²) in [4.78, 5) is 35.3. The Kier molecular flexibility index (Phi) is 5.50. The Bertz CT molecular complexity index is 1150. The molecular formula is C24H17NO4S. The van der Waals surface area contributed by atoms with Crippen LogP contribution in [0.15, 0.2) is 83.8 Å². The lowest BCUT2D eigenvalue weighted by Crippen LogP contribution is -2.17. The number of aliphatic carboxylic acids is 1. The van der Waals surface area contributed by atoms with Crippen molar-refractivity contribution in [2.24, 2.45) is 0 Å². The molecule has 0 aromatic heterocycles. The minimum absolute atomic E-state index is 0.363. The predicted molar refractivity (Wildman–Crippen MR) is 117 cm³/mol. The minimum Gasteiger partial charge on any atom is -0.481 e. The van der Waals surface area contributed by atoms with Crippen molar-refractivity contribution in [1.82, 2.24) is 5.32 Å². The van der Waals surface area contributed by atoms with Crippen LogP contribution < -0.4 is 5.32 Å². The SMILES string of the molecule is O=C1NC(=O)C(=Cc2ccc(-c3cccc(C(C(=O)O)c4ccccc4)c3)cc2)S1. The lowest BCUT2D eigenvalue weighted by Gasteiger charge is -2.14. The van der Waals surface area contributed by atoms with Crippen molar-refractivity contribution in [3.8, 4) is 11.1 Å². The fourth-order valence-electron chi connectivity index (χ4n) is 3.37. The molecule has 5 nitrogen and oxygen atoms in total. The normalized spacial score (nSPS) is 15.8. The first-order valence-corrected chi connectivity index (χ1v) is 10.1. The quantitative estimate of drug-likeness (QED) is 0.580. The molecule has 1 saturated heterocycles. The van der Waals surface area contributed by atoms with E-state index in [4.69, 9.17) is 0 Å². The van der Waals surface area contributed by atoms with Crippen LogP contribution in [-0.2, 0) is 9.59 Å². The van der Waals surface area contributed by atoms with E-state index in [-0.39, 0.29) is 11.1 Å². The first kappa shape index (κ1) is 19.7. The van der Waals surface area contributed by atoms with Crippen molar-refractivity contribution in [3.05, 3.63) is 100 Å². The highest BCUT2D eigenvalue weighted by atomic mass is 32.2. The molecule has 3 aromatic carbocycles. The molecule has 1 fully saturated rings. The molecule has 30 heavy (non-hydrogen) atoms. The number of benzene rings is 3. The highest BCUT2D eigenvalue weighted by Crippen LogP contribution is 2.30. The maximum atomic E-state index is 11.9. The number of imide groups is 1. The van der Waals surface area contributed by atoms with Gasteiger partial charge in [-0.25, -0.2) is 0 Å². The Hall–Kier alpha value is -3.64. The highest BCUT2D eigenvalue weighted by molar-refractivity contribution is 8.18. The van der Waals surface area contributed by atoms with Gasteiger partial charge in [-0.2, -0.15) is 0 Å². The smallest absolute Gasteiger partial charge is 0.315 e. The first-order valence-electron chi connectivity index (χ1n) is 9.24. The second kappa shape index (κ2) is 8.39. The molecule has 1 aliphatic heterocycles. The summed E-state index contributed by atoms with van der Waals surface area (Å²) in [6.07, 6.45) is 1.67. The second-order valence-corrected chi connectivity index (χ2v) is 7.80. The van der Waals surface area contributed by atoms with E-state index < -0.39 is 11.9 Å². The van der Waals surface area contributed by atoms with E-state index in [1.165, 1.54) is 0 Å². The van der Waals surface area contributed by atoms with Crippen LogP contribution in [0.2, 0.25) is 0 Å². The molecule has 148 valence electrons. The molecule has 1 unspecified atom stereocenters. The molecule has 4 rings (SSSR count). The number of carbonyl (C=O) groups is 3. The summed E-state index contributed by atoms with van der Waals surface area (Å²) < 4.78 is 0. The van der Waals surface area contributed by atoms with Crippen LogP contribution in [0.1, 0.15) is 22.6 Å². The zero-order valence-corrected chi connectivity index (χ0v) is 16.6. The number of nitrogens with one attached hydrogen (secondary N) is 1. The fourth-order valence-corrected chi connectivity index (χ4v) is 4.05. The van der Waals surface area contributed by atoms with Gasteiger partial charge in [-0.05, 0) is 51.7 Å². The van der Waals surface area contributed by atoms with E-state index in [1.807, 2.05) is 78.9 Å². The van der Waals surface area contributed by atoms with Gasteiger partial charge in [0.1, 0.15) is 5.92 Å². The van der Waals surface area contributed by atoms with Gasteiger partial charge in [0.05, 0.1) is 4.91 Å². The average Bonchev–Trinajstić information content (AvgIpc) is 3.06. The molecule has 1 atom stereocenters. The van der Waals surface area contributed by atoms with Crippen molar-refractivity contribution in [2.45, 2.75) is 5.92 Å². The van der Waals surface area contributed by atoms with Crippen LogP contribution in [0.25, 0.3) is 17.2 Å². The molecule has 6 heteroatoms. The number of thioether (sulfide) groups is 1. The molecule has 0 aliphatic carbocycles. The van der Waals surface area contributed by atoms with Gasteiger partial charge >= 0.3 is 5.97 Å². The summed E-state index contributed by atoms with van der Waals surface area (Å²) in [5.74, 6) is -2.03. The standard InChI is InChI=1S/C24H17NO4S/c26-22-20(30-24(29)25-22)13-15-9-11-16(12-10-15)18-7-4-8-19(14-18)21(23(27)28)17-5-2-1-3-6-17/h1-14,21H,(H,27,28)(H,25,26,29). The summed E-state index contributed by atoms with van der Waals surface area (Å²) >= 11 is 0.881. The summed E-state index contributed by atoms with van der Waals surface area (Å²) in [6, 6.07) is 24.2. The number of rotatable bonds is 5. The van der Waals surface area contributed by atoms with Crippen molar-refractivity contribution in [1.29, 1.82) is 0 Å². The molecular weight excluding hydrogens is 398 g/mol. The molecule has 1 heterocycles. The maximum Gasteiger partial charge on any atom is 0.315 e. The largest absolute Gasteiger partial charge is 0.481 e. The van der Waals surface area contributed by atoms with E-state index in [9.17, 15) is 19.5 Å². The Morgan fingerprint density at radius 2 is 1.57 bits per heavy atom. The molecule has 1 aliphatic rings. The van der Waals surface area contributed by atoms with Gasteiger partial charge in [0, 0.05) is 0 Å². The summed E-state index contributed by atoms with van der Waals surface area (Å²) in [5.41, 5.74) is 4.06. The number of carbonyl (C=O) groups excluding carboxylic acids is 2. The number of carboxylic acids is 1. The maximum absolute atomic E-state index is 11.9. The van der Waals surface area contributed by atoms with Gasteiger partial charge in [0.15, 0.2) is 0 Å². The van der Waals surface area contributed by atoms with Gasteiger partial charge in [-0.1, -0.05) is 72.8 Å². The zero-order chi connectivity index (χ0) is 21.1. The number of amides is 2. The topological polar surface area (TPSA) is 83.5 Å². The lowest BCUT2D eigenvalue weighted by atomic mass is 9.89. The number of hydrogen-bond donors (Lipinski definition) is 2. The zero-order valence-electron chi connectivity index (χ0n) is 15.7. The van der Waals surface area contributed by atoms with Crippen molar-refractivity contribution in [2.75, 3.05) is 0 Å². The average molecular weight is 415 g/mol. The van der Waals surface area contributed by atoms with Crippen molar-refractivity contribution >= 4 is 35.0 Å². The fraction of sp³-hybridized carbons (Fsp3) is 0.0417. The number of hydrogen-bond acceptors (Lipinski definition) is 4. The van der Waals surface area contributed by atoms with Crippen LogP contribution in [0.5, 0.6) is 0 Å². The van der Waals surface area contributed by atoms with Gasteiger partial charge in [0.25, 0.3) is 11.1 Å². The van der Waals surface area contributed by atoms with Gasteiger partial charge in [-0.15, -0.1) is 0 Å². The molecule has 2 amide bonds. The van der Waals surface area contributed by atoms with E-state index in [0.717, 1.165) is 34.0 Å². The summed E-state index contributed by atoms with van der Waals surface area (Å²) in [6.45, 7) is 0. The third-order valence-corrected chi connectivity index (χ3v) is 5.59. The van der Waals surface area contributed by atoms with Crippen molar-refractivity contribution < 1.29 is 19.5 Å². The Labute approximate surface area is 177 Å². The Balaban J connectivity index is 1.62. The Morgan fingerprint density at radius 1 is 0.867 bits per heavy atom. The predicted octanol–water partition coefficient (Wildman–Crippen LogP) is 4.89. The molecule has 2 N–H and O–H groups in total. The molecule has 0 saturated carbocycles. The van der Waals surface area contributed by atoms with Gasteiger partial charge < -0.3 is 5.11 Å². The third-order valence-electron chi connectivity index (χ3n) is 4.78. The minimum atomic E-state index is -0.901. The second-order valence-electron chi connectivity index (χ2n) is 6.78. The van der Waals surface area contributed by atoms with Gasteiger partial charge in [0.2, 0.25) is 0 Å². The molecule has 0 bridgehead atoms. The third kappa shape index (κ3) is 4.18. The van der Waals surface area contributed by atoms with Crippen LogP contribution in [-0.4, -0.2) is 22.2 Å². The van der Waals surface area contributed by atoms with Crippen molar-refractivity contribution in [3.63, 3.8) is 0 Å². The first-order chi connectivity index (χ1) is 14.5. The highest BCUT2D eigenvalue weighted by Gasteiger charge is 2.25. The van der Waals surface area contributed by atoms with Gasteiger partial charge in [-0.3, -0.25) is 19.7 Å². The van der Waals surface area contributed by atoms with E-state index in [0.29, 0.717) is 10.5 Å². The van der Waals surface area contributed by atoms with Crippen LogP contribution in [0.4, 0.5) is 4.79 Å².